The summed E-state index contributed by atoms with van der Waals surface area (Å²) in [6.07, 6.45) is 2.55. The molecule has 0 aromatic carbocycles. The van der Waals surface area contributed by atoms with Crippen LogP contribution in [0.5, 0.6) is 0 Å². The van der Waals surface area contributed by atoms with Crippen molar-refractivity contribution >= 4 is 15.9 Å². The molecule has 0 bridgehead atoms. The van der Waals surface area contributed by atoms with Crippen LogP contribution in [0, 0.1) is 12.8 Å². The van der Waals surface area contributed by atoms with Gasteiger partial charge in [-0.05, 0) is 54.7 Å². The fraction of sp³-hybridized carbons (Fsp3) is 0.750. The molecule has 1 atom stereocenters. The summed E-state index contributed by atoms with van der Waals surface area (Å²) in [7, 11) is 1.93. The van der Waals surface area contributed by atoms with E-state index in [1.165, 1.54) is 0 Å². The number of hydrogen-bond acceptors (Lipinski definition) is 3. The Kier molecular flexibility index (Phi) is 4.22. The van der Waals surface area contributed by atoms with E-state index >= 15 is 0 Å². The summed E-state index contributed by atoms with van der Waals surface area (Å²) in [5.74, 6) is 0.415. The number of rotatable bonds is 3. The van der Waals surface area contributed by atoms with Crippen LogP contribution in [-0.2, 0) is 13.5 Å². The first-order valence-electron chi connectivity index (χ1n) is 6.16. The molecule has 1 fully saturated rings. The Morgan fingerprint density at radius 1 is 1.53 bits per heavy atom. The van der Waals surface area contributed by atoms with Gasteiger partial charge in [0.2, 0.25) is 0 Å². The summed E-state index contributed by atoms with van der Waals surface area (Å²) < 4.78 is 2.90. The van der Waals surface area contributed by atoms with E-state index in [1.54, 1.807) is 0 Å². The van der Waals surface area contributed by atoms with Crippen LogP contribution in [0.3, 0.4) is 0 Å². The lowest BCUT2D eigenvalue weighted by atomic mass is 9.90. The molecular formula is C12H20BrN3O. The Morgan fingerprint density at radius 2 is 2.18 bits per heavy atom. The smallest absolute Gasteiger partial charge is 0.0738 e. The highest BCUT2D eigenvalue weighted by atomic mass is 79.9. The summed E-state index contributed by atoms with van der Waals surface area (Å²) in [5, 5.41) is 18.0. The van der Waals surface area contributed by atoms with Crippen molar-refractivity contribution in [2.24, 2.45) is 13.0 Å². The number of piperidine rings is 1. The highest BCUT2D eigenvalue weighted by Crippen LogP contribution is 2.25. The maximum absolute atomic E-state index is 10.3. The van der Waals surface area contributed by atoms with E-state index in [0.29, 0.717) is 12.3 Å². The van der Waals surface area contributed by atoms with Crippen LogP contribution in [0.15, 0.2) is 4.47 Å². The fourth-order valence-electron chi connectivity index (χ4n) is 2.50. The molecule has 0 saturated carbocycles. The van der Waals surface area contributed by atoms with Crippen LogP contribution in [0.2, 0.25) is 0 Å². The van der Waals surface area contributed by atoms with E-state index in [1.807, 2.05) is 18.7 Å². The van der Waals surface area contributed by atoms with Gasteiger partial charge in [-0.1, -0.05) is 0 Å². The summed E-state index contributed by atoms with van der Waals surface area (Å²) >= 11 is 3.55. The van der Waals surface area contributed by atoms with Gasteiger partial charge in [0.15, 0.2) is 0 Å². The Labute approximate surface area is 111 Å². The topological polar surface area (TPSA) is 50.1 Å². The maximum Gasteiger partial charge on any atom is 0.0738 e. The largest absolute Gasteiger partial charge is 0.392 e. The van der Waals surface area contributed by atoms with Gasteiger partial charge in [0, 0.05) is 13.5 Å². The molecule has 2 heterocycles. The van der Waals surface area contributed by atoms with E-state index in [-0.39, 0.29) is 6.10 Å². The molecule has 0 amide bonds. The van der Waals surface area contributed by atoms with Gasteiger partial charge in [0.1, 0.15) is 0 Å². The Hall–Kier alpha value is -0.390. The van der Waals surface area contributed by atoms with Crippen molar-refractivity contribution in [2.75, 3.05) is 13.1 Å². The van der Waals surface area contributed by atoms with Gasteiger partial charge in [0.05, 0.1) is 22.0 Å². The van der Waals surface area contributed by atoms with E-state index in [4.69, 9.17) is 0 Å². The zero-order chi connectivity index (χ0) is 12.4. The van der Waals surface area contributed by atoms with Crippen LogP contribution in [0.4, 0.5) is 0 Å². The molecule has 1 aromatic heterocycles. The molecule has 0 radical (unpaired) electrons. The molecule has 0 aliphatic carbocycles. The summed E-state index contributed by atoms with van der Waals surface area (Å²) in [6, 6.07) is 0. The van der Waals surface area contributed by atoms with Gasteiger partial charge in [-0.3, -0.25) is 4.68 Å². The van der Waals surface area contributed by atoms with Crippen LogP contribution in [0.25, 0.3) is 0 Å². The standard InChI is InChI=1S/C12H20BrN3O/c1-8-12(13)10(16(2)15-8)7-11(17)9-3-5-14-6-4-9/h9,11,14,17H,3-7H2,1-2H3. The van der Waals surface area contributed by atoms with Gasteiger partial charge >= 0.3 is 0 Å². The normalized spacial score (nSPS) is 19.5. The molecule has 0 spiro atoms. The molecule has 2 N–H and O–H groups in total. The van der Waals surface area contributed by atoms with Gasteiger partial charge in [0.25, 0.3) is 0 Å². The number of nitrogens with zero attached hydrogens (tertiary/aromatic N) is 2. The Balaban J connectivity index is 2.04. The Bertz CT molecular complexity index is 385. The average Bonchev–Trinajstić information content (AvgIpc) is 2.57. The zero-order valence-electron chi connectivity index (χ0n) is 10.4. The lowest BCUT2D eigenvalue weighted by Gasteiger charge is -2.27. The number of nitrogens with one attached hydrogen (secondary N) is 1. The monoisotopic (exact) mass is 301 g/mol. The third kappa shape index (κ3) is 2.89. The molecular weight excluding hydrogens is 282 g/mol. The van der Waals surface area contributed by atoms with Crippen molar-refractivity contribution in [3.63, 3.8) is 0 Å². The number of halogens is 1. The molecule has 1 aliphatic rings. The second kappa shape index (κ2) is 5.50. The number of aromatic nitrogens is 2. The van der Waals surface area contributed by atoms with Gasteiger partial charge in [-0.25, -0.2) is 0 Å². The van der Waals surface area contributed by atoms with Crippen molar-refractivity contribution in [2.45, 2.75) is 32.3 Å². The molecule has 17 heavy (non-hydrogen) atoms. The maximum atomic E-state index is 10.3. The number of aliphatic hydroxyl groups excluding tert-OH is 1. The second-order valence-electron chi connectivity index (χ2n) is 4.83. The predicted octanol–water partition coefficient (Wildman–Crippen LogP) is 1.39. The number of hydrogen-bond donors (Lipinski definition) is 2. The van der Waals surface area contributed by atoms with Crippen molar-refractivity contribution in [3.05, 3.63) is 15.9 Å². The van der Waals surface area contributed by atoms with Gasteiger partial charge in [-0.15, -0.1) is 0 Å². The zero-order valence-corrected chi connectivity index (χ0v) is 12.0. The van der Waals surface area contributed by atoms with Crippen molar-refractivity contribution in [1.29, 1.82) is 0 Å². The number of aryl methyl sites for hydroxylation is 2. The molecule has 5 heteroatoms. The van der Waals surface area contributed by atoms with Gasteiger partial charge < -0.3 is 10.4 Å². The van der Waals surface area contributed by atoms with E-state index < -0.39 is 0 Å². The lowest BCUT2D eigenvalue weighted by Crippen LogP contribution is -2.35. The minimum Gasteiger partial charge on any atom is -0.392 e. The quantitative estimate of drug-likeness (QED) is 0.887. The van der Waals surface area contributed by atoms with Crippen molar-refractivity contribution < 1.29 is 5.11 Å². The van der Waals surface area contributed by atoms with E-state index in [2.05, 4.69) is 26.3 Å². The predicted molar refractivity (Wildman–Crippen MR) is 70.9 cm³/mol. The summed E-state index contributed by atoms with van der Waals surface area (Å²) in [5.41, 5.74) is 2.08. The number of aliphatic hydroxyl groups is 1. The highest BCUT2D eigenvalue weighted by molar-refractivity contribution is 9.10. The highest BCUT2D eigenvalue weighted by Gasteiger charge is 2.24. The third-order valence-corrected chi connectivity index (χ3v) is 4.62. The third-order valence-electron chi connectivity index (χ3n) is 3.59. The van der Waals surface area contributed by atoms with Crippen LogP contribution in [0.1, 0.15) is 24.2 Å². The molecule has 1 aromatic rings. The lowest BCUT2D eigenvalue weighted by molar-refractivity contribution is 0.0872. The van der Waals surface area contributed by atoms with Gasteiger partial charge in [-0.2, -0.15) is 5.10 Å². The van der Waals surface area contributed by atoms with Crippen LogP contribution < -0.4 is 5.32 Å². The van der Waals surface area contributed by atoms with E-state index in [0.717, 1.165) is 41.8 Å². The molecule has 1 aliphatic heterocycles. The molecule has 96 valence electrons. The molecule has 1 saturated heterocycles. The first kappa shape index (κ1) is 13.1. The van der Waals surface area contributed by atoms with E-state index in [9.17, 15) is 5.11 Å². The summed E-state index contributed by atoms with van der Waals surface area (Å²) in [6.45, 7) is 4.02. The molecule has 2 rings (SSSR count). The minimum absolute atomic E-state index is 0.261. The van der Waals surface area contributed by atoms with Crippen LogP contribution >= 0.6 is 15.9 Å². The molecule has 1 unspecified atom stereocenters. The summed E-state index contributed by atoms with van der Waals surface area (Å²) in [4.78, 5) is 0. The Morgan fingerprint density at radius 3 is 2.71 bits per heavy atom. The average molecular weight is 302 g/mol. The first-order valence-corrected chi connectivity index (χ1v) is 6.95. The fourth-order valence-corrected chi connectivity index (χ4v) is 2.99. The van der Waals surface area contributed by atoms with Crippen molar-refractivity contribution in [1.82, 2.24) is 15.1 Å². The SMILES string of the molecule is Cc1nn(C)c(CC(O)C2CCNCC2)c1Br. The minimum atomic E-state index is -0.261. The van der Waals surface area contributed by atoms with Crippen LogP contribution in [-0.4, -0.2) is 34.1 Å². The van der Waals surface area contributed by atoms with Crippen molar-refractivity contribution in [3.8, 4) is 0 Å². The first-order chi connectivity index (χ1) is 8.09. The second-order valence-corrected chi connectivity index (χ2v) is 5.62. The molecule has 4 nitrogen and oxygen atoms in total.